The number of nitrogens with zero attached hydrogens (tertiary/aromatic N) is 3. The molecule has 1 aromatic rings. The van der Waals surface area contributed by atoms with E-state index in [4.69, 9.17) is 0 Å². The molecule has 0 N–H and O–H groups in total. The zero-order chi connectivity index (χ0) is 21.0. The Kier molecular flexibility index (Phi) is 7.22. The molecule has 0 radical (unpaired) electrons. The molecular formula is C22H32F3N3O. The second-order valence-electron chi connectivity index (χ2n) is 8.54. The number of benzene rings is 1. The van der Waals surface area contributed by atoms with Crippen LogP contribution in [0.25, 0.3) is 0 Å². The third-order valence-electron chi connectivity index (χ3n) is 6.27. The summed E-state index contributed by atoms with van der Waals surface area (Å²) in [6.07, 6.45) is -0.841. The number of likely N-dealkylation sites (tertiary alicyclic amines) is 1. The van der Waals surface area contributed by atoms with E-state index in [1.165, 1.54) is 13.0 Å². The van der Waals surface area contributed by atoms with Crippen molar-refractivity contribution in [2.45, 2.75) is 39.3 Å². The van der Waals surface area contributed by atoms with Gasteiger partial charge in [-0.15, -0.1) is 0 Å². The number of anilines is 1. The Bertz CT molecular complexity index is 691. The number of rotatable bonds is 6. The topological polar surface area (TPSA) is 26.8 Å². The second kappa shape index (κ2) is 9.47. The Balaban J connectivity index is 1.43. The zero-order valence-electron chi connectivity index (χ0n) is 17.5. The fraction of sp³-hybridized carbons (Fsp3) is 0.682. The smallest absolute Gasteiger partial charge is 0.369 e. The fourth-order valence-electron chi connectivity index (χ4n) is 4.46. The van der Waals surface area contributed by atoms with Crippen molar-refractivity contribution in [2.75, 3.05) is 57.3 Å². The number of hydrogen-bond acceptors (Lipinski definition) is 4. The van der Waals surface area contributed by atoms with Gasteiger partial charge in [0.2, 0.25) is 0 Å². The maximum Gasteiger partial charge on any atom is 0.416 e. The molecule has 0 unspecified atom stereocenters. The summed E-state index contributed by atoms with van der Waals surface area (Å²) >= 11 is 0. The maximum absolute atomic E-state index is 13.2. The first-order chi connectivity index (χ1) is 13.7. The molecular weight excluding hydrogens is 379 g/mol. The summed E-state index contributed by atoms with van der Waals surface area (Å²) in [5.41, 5.74) is 0.406. The first kappa shape index (κ1) is 22.1. The van der Waals surface area contributed by atoms with Crippen LogP contribution in [0, 0.1) is 12.8 Å². The Morgan fingerprint density at radius 3 is 2.28 bits per heavy atom. The van der Waals surface area contributed by atoms with Crippen molar-refractivity contribution < 1.29 is 18.0 Å². The lowest BCUT2D eigenvalue weighted by atomic mass is 9.93. The number of carbonyl (C=O) groups excluding carboxylic acids is 1. The van der Waals surface area contributed by atoms with E-state index in [0.717, 1.165) is 65.1 Å². The molecule has 7 heteroatoms. The molecule has 0 amide bonds. The van der Waals surface area contributed by atoms with Crippen molar-refractivity contribution >= 4 is 11.5 Å². The van der Waals surface area contributed by atoms with Crippen LogP contribution in [-0.4, -0.2) is 67.9 Å². The second-order valence-corrected chi connectivity index (χ2v) is 8.54. The van der Waals surface area contributed by atoms with Crippen LogP contribution in [0.5, 0.6) is 0 Å². The number of hydrogen-bond donors (Lipinski definition) is 0. The highest BCUT2D eigenvalue weighted by molar-refractivity contribution is 5.77. The number of halogens is 3. The third-order valence-corrected chi connectivity index (χ3v) is 6.27. The summed E-state index contributed by atoms with van der Waals surface area (Å²) in [7, 11) is 0. The van der Waals surface area contributed by atoms with Gasteiger partial charge in [-0.25, -0.2) is 0 Å². The number of ketones is 1. The first-order valence-corrected chi connectivity index (χ1v) is 10.6. The van der Waals surface area contributed by atoms with Gasteiger partial charge >= 0.3 is 6.18 Å². The van der Waals surface area contributed by atoms with Crippen molar-refractivity contribution in [3.05, 3.63) is 29.3 Å². The number of piperazine rings is 1. The molecule has 0 saturated carbocycles. The summed E-state index contributed by atoms with van der Waals surface area (Å²) in [6, 6.07) is 4.66. The molecule has 2 aliphatic rings. The van der Waals surface area contributed by atoms with Gasteiger partial charge in [0.25, 0.3) is 0 Å². The maximum atomic E-state index is 13.2. The van der Waals surface area contributed by atoms with Crippen LogP contribution >= 0.6 is 0 Å². The van der Waals surface area contributed by atoms with Crippen LogP contribution in [0.4, 0.5) is 18.9 Å². The summed E-state index contributed by atoms with van der Waals surface area (Å²) in [6.45, 7) is 10.1. The Morgan fingerprint density at radius 2 is 1.69 bits per heavy atom. The lowest BCUT2D eigenvalue weighted by Gasteiger charge is -2.38. The number of alkyl halides is 3. The lowest BCUT2D eigenvalue weighted by Crippen LogP contribution is -2.47. The van der Waals surface area contributed by atoms with Crippen LogP contribution in [0.2, 0.25) is 0 Å². The molecule has 0 aliphatic carbocycles. The van der Waals surface area contributed by atoms with E-state index in [9.17, 15) is 18.0 Å². The van der Waals surface area contributed by atoms with Gasteiger partial charge in [-0.1, -0.05) is 6.07 Å². The van der Waals surface area contributed by atoms with Crippen LogP contribution in [-0.2, 0) is 11.0 Å². The van der Waals surface area contributed by atoms with Crippen molar-refractivity contribution in [1.29, 1.82) is 0 Å². The number of Topliss-reactive ketones (excluding diaryl/α,β-unsaturated/α-hetero) is 1. The standard InChI is InChI=1S/C22H32F3N3O/c1-17-3-4-20(15-21(17)22(23,24)25)28-13-11-26(12-14-28)8-5-19-6-9-27(10-7-19)16-18(2)29/h3-4,15,19H,5-14,16H2,1-2H3. The van der Waals surface area contributed by atoms with Crippen LogP contribution < -0.4 is 4.90 Å². The Morgan fingerprint density at radius 1 is 1.03 bits per heavy atom. The SMILES string of the molecule is CC(=O)CN1CCC(CCN2CCN(c3ccc(C)c(C(F)(F)F)c3)CC2)CC1. The Labute approximate surface area is 171 Å². The first-order valence-electron chi connectivity index (χ1n) is 10.6. The molecule has 0 bridgehead atoms. The van der Waals surface area contributed by atoms with Crippen LogP contribution in [0.15, 0.2) is 18.2 Å². The molecule has 162 valence electrons. The molecule has 1 aromatic carbocycles. The molecule has 0 atom stereocenters. The van der Waals surface area contributed by atoms with E-state index in [1.807, 2.05) is 0 Å². The summed E-state index contributed by atoms with van der Waals surface area (Å²) in [4.78, 5) is 18.0. The largest absolute Gasteiger partial charge is 0.416 e. The van der Waals surface area contributed by atoms with Gasteiger partial charge in [0.1, 0.15) is 5.78 Å². The van der Waals surface area contributed by atoms with Gasteiger partial charge in [-0.2, -0.15) is 13.2 Å². The van der Waals surface area contributed by atoms with Gasteiger partial charge in [0.15, 0.2) is 0 Å². The average Bonchev–Trinajstić information content (AvgIpc) is 2.67. The van der Waals surface area contributed by atoms with E-state index in [2.05, 4.69) is 14.7 Å². The molecule has 29 heavy (non-hydrogen) atoms. The molecule has 0 spiro atoms. The summed E-state index contributed by atoms with van der Waals surface area (Å²) < 4.78 is 39.5. The number of piperidine rings is 1. The van der Waals surface area contributed by atoms with Crippen LogP contribution in [0.3, 0.4) is 0 Å². The third kappa shape index (κ3) is 6.19. The molecule has 4 nitrogen and oxygen atoms in total. The molecule has 2 heterocycles. The molecule has 3 rings (SSSR count). The molecule has 0 aromatic heterocycles. The average molecular weight is 412 g/mol. The minimum Gasteiger partial charge on any atom is -0.369 e. The van der Waals surface area contributed by atoms with Gasteiger partial charge in [-0.05, 0) is 76.4 Å². The van der Waals surface area contributed by atoms with Crippen molar-refractivity contribution in [2.24, 2.45) is 5.92 Å². The van der Waals surface area contributed by atoms with Gasteiger partial charge < -0.3 is 4.90 Å². The quantitative estimate of drug-likeness (QED) is 0.711. The minimum absolute atomic E-state index is 0.234. The zero-order valence-corrected chi connectivity index (χ0v) is 17.5. The number of carbonyl (C=O) groups is 1. The van der Waals surface area contributed by atoms with E-state index in [1.54, 1.807) is 19.1 Å². The monoisotopic (exact) mass is 411 g/mol. The lowest BCUT2D eigenvalue weighted by molar-refractivity contribution is -0.138. The van der Waals surface area contributed by atoms with Crippen molar-refractivity contribution in [3.8, 4) is 0 Å². The number of aryl methyl sites for hydroxylation is 1. The highest BCUT2D eigenvalue weighted by atomic mass is 19.4. The minimum atomic E-state index is -4.30. The summed E-state index contributed by atoms with van der Waals surface area (Å²) in [5.74, 6) is 0.944. The van der Waals surface area contributed by atoms with E-state index in [0.29, 0.717) is 18.2 Å². The molecule has 2 aliphatic heterocycles. The molecule has 2 saturated heterocycles. The normalized spacial score (nSPS) is 20.2. The van der Waals surface area contributed by atoms with Gasteiger partial charge in [-0.3, -0.25) is 14.6 Å². The Hall–Kier alpha value is -1.60. The summed E-state index contributed by atoms with van der Waals surface area (Å²) in [5, 5.41) is 0. The predicted molar refractivity (Wildman–Crippen MR) is 109 cm³/mol. The van der Waals surface area contributed by atoms with E-state index >= 15 is 0 Å². The van der Waals surface area contributed by atoms with E-state index < -0.39 is 11.7 Å². The molecule has 2 fully saturated rings. The van der Waals surface area contributed by atoms with Gasteiger partial charge in [0.05, 0.1) is 12.1 Å². The van der Waals surface area contributed by atoms with Crippen molar-refractivity contribution in [3.63, 3.8) is 0 Å². The van der Waals surface area contributed by atoms with E-state index in [-0.39, 0.29) is 11.3 Å². The highest BCUT2D eigenvalue weighted by Crippen LogP contribution is 2.34. The van der Waals surface area contributed by atoms with Gasteiger partial charge in [0, 0.05) is 31.9 Å². The highest BCUT2D eigenvalue weighted by Gasteiger charge is 2.33. The fourth-order valence-corrected chi connectivity index (χ4v) is 4.46. The van der Waals surface area contributed by atoms with Crippen LogP contribution in [0.1, 0.15) is 37.3 Å². The van der Waals surface area contributed by atoms with Crippen molar-refractivity contribution in [1.82, 2.24) is 9.80 Å². The predicted octanol–water partition coefficient (Wildman–Crippen LogP) is 3.83.